The van der Waals surface area contributed by atoms with Gasteiger partial charge in [-0.2, -0.15) is 0 Å². The second-order valence-electron chi connectivity index (χ2n) is 4.24. The summed E-state index contributed by atoms with van der Waals surface area (Å²) in [7, 11) is 0. The first-order valence-corrected chi connectivity index (χ1v) is 7.00. The van der Waals surface area contributed by atoms with Crippen molar-refractivity contribution in [3.63, 3.8) is 0 Å². The van der Waals surface area contributed by atoms with Gasteiger partial charge in [0, 0.05) is 11.9 Å². The van der Waals surface area contributed by atoms with Crippen LogP contribution in [0.4, 0.5) is 0 Å². The Hall–Kier alpha value is 0.440. The predicted octanol–water partition coefficient (Wildman–Crippen LogP) is 4.25. The lowest BCUT2D eigenvalue weighted by Gasteiger charge is -2.15. The van der Waals surface area contributed by atoms with Crippen molar-refractivity contribution in [3.8, 4) is 0 Å². The second-order valence-corrected chi connectivity index (χ2v) is 4.89. The van der Waals surface area contributed by atoms with Crippen LogP contribution in [0.5, 0.6) is 0 Å². The monoisotopic (exact) mass is 264 g/mol. The number of hydrogen-bond donors (Lipinski definition) is 0. The van der Waals surface area contributed by atoms with Crippen LogP contribution < -0.4 is 0 Å². The molecule has 0 bridgehead atoms. The Morgan fingerprint density at radius 2 is 1.71 bits per heavy atom. The fraction of sp³-hybridized carbons (Fsp3) is 1.00. The predicted molar refractivity (Wildman–Crippen MR) is 67.1 cm³/mol. The van der Waals surface area contributed by atoms with Crippen molar-refractivity contribution in [2.45, 2.75) is 46.5 Å². The maximum atomic E-state index is 5.72. The second kappa shape index (κ2) is 9.97. The number of alkyl halides is 1. The van der Waals surface area contributed by atoms with Crippen molar-refractivity contribution in [2.24, 2.45) is 11.8 Å². The smallest absolute Gasteiger partial charge is 0.0502 e. The van der Waals surface area contributed by atoms with Gasteiger partial charge >= 0.3 is 0 Å². The molecule has 1 nitrogen and oxygen atoms in total. The SMILES string of the molecule is CCCC(C)COCC(CBr)CCC. The van der Waals surface area contributed by atoms with Gasteiger partial charge in [-0.25, -0.2) is 0 Å². The van der Waals surface area contributed by atoms with Crippen LogP contribution in [0.15, 0.2) is 0 Å². The van der Waals surface area contributed by atoms with Crippen molar-refractivity contribution < 1.29 is 4.74 Å². The fourth-order valence-electron chi connectivity index (χ4n) is 1.63. The van der Waals surface area contributed by atoms with Gasteiger partial charge in [0.2, 0.25) is 0 Å². The van der Waals surface area contributed by atoms with Crippen LogP contribution in [0.1, 0.15) is 46.5 Å². The lowest BCUT2D eigenvalue weighted by molar-refractivity contribution is 0.0766. The molecular formula is C12H25BrO. The Morgan fingerprint density at radius 3 is 2.21 bits per heavy atom. The molecule has 2 atom stereocenters. The van der Waals surface area contributed by atoms with Crippen molar-refractivity contribution in [1.29, 1.82) is 0 Å². The summed E-state index contributed by atoms with van der Waals surface area (Å²) in [6.07, 6.45) is 5.08. The summed E-state index contributed by atoms with van der Waals surface area (Å²) >= 11 is 3.53. The molecule has 0 amide bonds. The maximum Gasteiger partial charge on any atom is 0.0502 e. The normalized spacial score (nSPS) is 15.4. The first kappa shape index (κ1) is 14.4. The third-order valence-electron chi connectivity index (χ3n) is 2.45. The molecule has 0 aliphatic rings. The summed E-state index contributed by atoms with van der Waals surface area (Å²) in [5.74, 6) is 1.42. The third-order valence-corrected chi connectivity index (χ3v) is 3.37. The Morgan fingerprint density at radius 1 is 1.07 bits per heavy atom. The van der Waals surface area contributed by atoms with Crippen LogP contribution in [-0.4, -0.2) is 18.5 Å². The molecule has 0 rings (SSSR count). The highest BCUT2D eigenvalue weighted by Gasteiger charge is 2.07. The molecule has 14 heavy (non-hydrogen) atoms. The molecule has 2 heteroatoms. The van der Waals surface area contributed by atoms with Crippen LogP contribution in [0.25, 0.3) is 0 Å². The summed E-state index contributed by atoms with van der Waals surface area (Å²) < 4.78 is 5.72. The summed E-state index contributed by atoms with van der Waals surface area (Å²) in [6, 6.07) is 0. The number of hydrogen-bond acceptors (Lipinski definition) is 1. The Bertz CT molecular complexity index is 117. The quantitative estimate of drug-likeness (QED) is 0.566. The molecule has 0 aliphatic carbocycles. The molecular weight excluding hydrogens is 240 g/mol. The minimum Gasteiger partial charge on any atom is -0.381 e. The van der Waals surface area contributed by atoms with E-state index in [1.807, 2.05) is 0 Å². The standard InChI is InChI=1S/C12H25BrO/c1-4-6-11(3)9-14-10-12(8-13)7-5-2/h11-12H,4-10H2,1-3H3. The highest BCUT2D eigenvalue weighted by Crippen LogP contribution is 2.12. The summed E-state index contributed by atoms with van der Waals surface area (Å²) in [4.78, 5) is 0. The average Bonchev–Trinajstić information content (AvgIpc) is 2.17. The van der Waals surface area contributed by atoms with Gasteiger partial charge in [-0.3, -0.25) is 0 Å². The fourth-order valence-corrected chi connectivity index (χ4v) is 2.14. The zero-order valence-corrected chi connectivity index (χ0v) is 11.5. The van der Waals surface area contributed by atoms with E-state index in [9.17, 15) is 0 Å². The van der Waals surface area contributed by atoms with Gasteiger partial charge in [0.1, 0.15) is 0 Å². The number of halogens is 1. The van der Waals surface area contributed by atoms with Crippen LogP contribution >= 0.6 is 15.9 Å². The first-order chi connectivity index (χ1) is 6.74. The lowest BCUT2D eigenvalue weighted by atomic mass is 10.1. The highest BCUT2D eigenvalue weighted by atomic mass is 79.9. The van der Waals surface area contributed by atoms with E-state index in [0.717, 1.165) is 24.5 Å². The summed E-state index contributed by atoms with van der Waals surface area (Å²) in [6.45, 7) is 8.59. The van der Waals surface area contributed by atoms with Gasteiger partial charge in [-0.05, 0) is 24.7 Å². The molecule has 0 aromatic heterocycles. The average molecular weight is 265 g/mol. The molecule has 0 saturated heterocycles. The molecule has 0 N–H and O–H groups in total. The van der Waals surface area contributed by atoms with Crippen molar-refractivity contribution in [1.82, 2.24) is 0 Å². The third kappa shape index (κ3) is 7.81. The molecule has 0 aliphatic heterocycles. The van der Waals surface area contributed by atoms with E-state index in [1.165, 1.54) is 25.7 Å². The zero-order valence-electron chi connectivity index (χ0n) is 9.89. The summed E-state index contributed by atoms with van der Waals surface area (Å²) in [5.41, 5.74) is 0. The molecule has 86 valence electrons. The van der Waals surface area contributed by atoms with Crippen molar-refractivity contribution in [3.05, 3.63) is 0 Å². The molecule has 0 fully saturated rings. The molecule has 0 aromatic rings. The maximum absolute atomic E-state index is 5.72. The largest absolute Gasteiger partial charge is 0.381 e. The Balaban J connectivity index is 3.40. The Kier molecular flexibility index (Phi) is 10.3. The van der Waals surface area contributed by atoms with Crippen LogP contribution in [0.3, 0.4) is 0 Å². The van der Waals surface area contributed by atoms with Crippen molar-refractivity contribution in [2.75, 3.05) is 18.5 Å². The van der Waals surface area contributed by atoms with Crippen molar-refractivity contribution >= 4 is 15.9 Å². The molecule has 0 spiro atoms. The van der Waals surface area contributed by atoms with Gasteiger partial charge in [-0.15, -0.1) is 0 Å². The molecule has 0 aromatic carbocycles. The van der Waals surface area contributed by atoms with E-state index < -0.39 is 0 Å². The van der Waals surface area contributed by atoms with E-state index in [2.05, 4.69) is 36.7 Å². The topological polar surface area (TPSA) is 9.23 Å². The zero-order chi connectivity index (χ0) is 10.8. The van der Waals surface area contributed by atoms with Gasteiger partial charge < -0.3 is 4.74 Å². The minimum atomic E-state index is 0.703. The summed E-state index contributed by atoms with van der Waals surface area (Å²) in [5, 5.41) is 1.07. The van der Waals surface area contributed by atoms with Gasteiger partial charge in [0.25, 0.3) is 0 Å². The highest BCUT2D eigenvalue weighted by molar-refractivity contribution is 9.09. The van der Waals surface area contributed by atoms with Gasteiger partial charge in [0.15, 0.2) is 0 Å². The lowest BCUT2D eigenvalue weighted by Crippen LogP contribution is -2.14. The number of ether oxygens (including phenoxy) is 1. The van der Waals surface area contributed by atoms with Gasteiger partial charge in [0.05, 0.1) is 6.61 Å². The van der Waals surface area contributed by atoms with E-state index in [1.54, 1.807) is 0 Å². The number of rotatable bonds is 9. The van der Waals surface area contributed by atoms with Crippen LogP contribution in [0, 0.1) is 11.8 Å². The van der Waals surface area contributed by atoms with E-state index >= 15 is 0 Å². The minimum absolute atomic E-state index is 0.703. The van der Waals surface area contributed by atoms with E-state index in [0.29, 0.717) is 5.92 Å². The molecule has 0 saturated carbocycles. The molecule has 2 unspecified atom stereocenters. The van der Waals surface area contributed by atoms with E-state index in [-0.39, 0.29) is 0 Å². The van der Waals surface area contributed by atoms with Crippen LogP contribution in [-0.2, 0) is 4.74 Å². The molecule has 0 heterocycles. The molecule has 0 radical (unpaired) electrons. The van der Waals surface area contributed by atoms with Crippen LogP contribution in [0.2, 0.25) is 0 Å². The Labute approximate surface area is 97.7 Å². The van der Waals surface area contributed by atoms with E-state index in [4.69, 9.17) is 4.74 Å². The van der Waals surface area contributed by atoms with Gasteiger partial charge in [-0.1, -0.05) is 49.5 Å². The first-order valence-electron chi connectivity index (χ1n) is 5.88.